The number of hydrogen-bond acceptors (Lipinski definition) is 4. The Bertz CT molecular complexity index is 635. The highest BCUT2D eigenvalue weighted by atomic mass is 16.5. The summed E-state index contributed by atoms with van der Waals surface area (Å²) in [7, 11) is 0. The molecule has 2 aliphatic heterocycles. The Morgan fingerprint density at radius 1 is 1.32 bits per heavy atom. The minimum Gasteiger partial charge on any atom is -0.376 e. The summed E-state index contributed by atoms with van der Waals surface area (Å²) in [5, 5.41) is 2.81. The van der Waals surface area contributed by atoms with Crippen molar-refractivity contribution in [3.8, 4) is 0 Å². The van der Waals surface area contributed by atoms with E-state index in [1.54, 1.807) is 19.1 Å². The van der Waals surface area contributed by atoms with E-state index in [4.69, 9.17) is 4.74 Å². The van der Waals surface area contributed by atoms with E-state index in [2.05, 4.69) is 5.32 Å². The summed E-state index contributed by atoms with van der Waals surface area (Å²) in [4.78, 5) is 37.5. The predicted molar refractivity (Wildman–Crippen MR) is 78.8 cm³/mol. The summed E-state index contributed by atoms with van der Waals surface area (Å²) < 4.78 is 5.45. The topological polar surface area (TPSA) is 75.7 Å². The first-order valence-electron chi connectivity index (χ1n) is 7.52. The lowest BCUT2D eigenvalue weighted by Gasteiger charge is -2.11. The predicted octanol–water partition coefficient (Wildman–Crippen LogP) is 1.21. The molecule has 2 aliphatic rings. The van der Waals surface area contributed by atoms with Crippen molar-refractivity contribution in [2.45, 2.75) is 25.9 Å². The first kappa shape index (κ1) is 14.7. The monoisotopic (exact) mass is 302 g/mol. The van der Waals surface area contributed by atoms with Gasteiger partial charge < -0.3 is 10.1 Å². The Morgan fingerprint density at radius 2 is 2.09 bits per heavy atom. The van der Waals surface area contributed by atoms with Crippen LogP contribution in [0.4, 0.5) is 0 Å². The van der Waals surface area contributed by atoms with Crippen LogP contribution < -0.4 is 5.32 Å². The molecule has 1 saturated heterocycles. The second-order valence-corrected chi connectivity index (χ2v) is 5.46. The van der Waals surface area contributed by atoms with Gasteiger partial charge >= 0.3 is 0 Å². The van der Waals surface area contributed by atoms with Crippen molar-refractivity contribution in [2.24, 2.45) is 0 Å². The lowest BCUT2D eigenvalue weighted by molar-refractivity contribution is 0.0662. The summed E-state index contributed by atoms with van der Waals surface area (Å²) in [6.45, 7) is 3.27. The van der Waals surface area contributed by atoms with E-state index in [-0.39, 0.29) is 23.8 Å². The third-order valence-electron chi connectivity index (χ3n) is 4.06. The van der Waals surface area contributed by atoms with Gasteiger partial charge in [-0.2, -0.15) is 0 Å². The number of hydrogen-bond donors (Lipinski definition) is 1. The molecule has 1 atom stereocenters. The normalized spacial score (nSPS) is 20.4. The molecule has 0 radical (unpaired) electrons. The Kier molecular flexibility index (Phi) is 3.94. The summed E-state index contributed by atoms with van der Waals surface area (Å²) >= 11 is 0. The fourth-order valence-corrected chi connectivity index (χ4v) is 2.83. The number of nitrogens with one attached hydrogen (secondary N) is 1. The fraction of sp³-hybridized carbons (Fsp3) is 0.438. The number of carbonyl (C=O) groups excluding carboxylic acids is 3. The molecule has 2 heterocycles. The molecule has 0 saturated carbocycles. The molecule has 0 aliphatic carbocycles. The second kappa shape index (κ2) is 5.88. The molecule has 1 aromatic rings. The minimum atomic E-state index is -0.337. The van der Waals surface area contributed by atoms with Crippen molar-refractivity contribution in [3.05, 3.63) is 34.9 Å². The molecule has 6 heteroatoms. The van der Waals surface area contributed by atoms with E-state index in [0.717, 1.165) is 19.4 Å². The lowest BCUT2D eigenvalue weighted by atomic mass is 10.1. The number of nitrogens with zero attached hydrogens (tertiary/aromatic N) is 1. The van der Waals surface area contributed by atoms with E-state index in [9.17, 15) is 14.4 Å². The van der Waals surface area contributed by atoms with Crippen LogP contribution in [0.25, 0.3) is 0 Å². The van der Waals surface area contributed by atoms with Crippen molar-refractivity contribution in [1.82, 2.24) is 10.2 Å². The van der Waals surface area contributed by atoms with Crippen LogP contribution in [0.5, 0.6) is 0 Å². The van der Waals surface area contributed by atoms with Gasteiger partial charge in [0, 0.05) is 25.3 Å². The van der Waals surface area contributed by atoms with Gasteiger partial charge in [0.15, 0.2) is 0 Å². The van der Waals surface area contributed by atoms with Crippen molar-refractivity contribution in [1.29, 1.82) is 0 Å². The van der Waals surface area contributed by atoms with Crippen LogP contribution in [0, 0.1) is 0 Å². The molecule has 1 aromatic carbocycles. The third-order valence-corrected chi connectivity index (χ3v) is 4.06. The van der Waals surface area contributed by atoms with Gasteiger partial charge in [-0.05, 0) is 38.0 Å². The maximum absolute atomic E-state index is 12.2. The lowest BCUT2D eigenvalue weighted by Crippen LogP contribution is -2.31. The first-order valence-corrected chi connectivity index (χ1v) is 7.52. The average molecular weight is 302 g/mol. The quantitative estimate of drug-likeness (QED) is 0.848. The van der Waals surface area contributed by atoms with Crippen LogP contribution in [-0.4, -0.2) is 48.4 Å². The molecule has 0 bridgehead atoms. The van der Waals surface area contributed by atoms with E-state index >= 15 is 0 Å². The Hall–Kier alpha value is -2.21. The van der Waals surface area contributed by atoms with Gasteiger partial charge in [0.05, 0.1) is 17.2 Å². The molecule has 0 unspecified atom stereocenters. The average Bonchev–Trinajstić information content (AvgIpc) is 3.12. The van der Waals surface area contributed by atoms with Gasteiger partial charge in [-0.1, -0.05) is 0 Å². The van der Waals surface area contributed by atoms with Crippen LogP contribution in [0.2, 0.25) is 0 Å². The summed E-state index contributed by atoms with van der Waals surface area (Å²) in [5.41, 5.74) is 1.05. The van der Waals surface area contributed by atoms with Crippen molar-refractivity contribution < 1.29 is 19.1 Å². The number of amides is 3. The van der Waals surface area contributed by atoms with Gasteiger partial charge in [-0.3, -0.25) is 19.3 Å². The summed E-state index contributed by atoms with van der Waals surface area (Å²) in [5.74, 6) is -0.890. The maximum Gasteiger partial charge on any atom is 0.261 e. The molecule has 1 fully saturated rings. The van der Waals surface area contributed by atoms with Gasteiger partial charge in [0.2, 0.25) is 0 Å². The SMILES string of the molecule is CCN1C(=O)c2ccc(C(=O)NC[C@H]3CCCO3)cc2C1=O. The summed E-state index contributed by atoms with van der Waals surface area (Å²) in [6, 6.07) is 4.62. The van der Waals surface area contributed by atoms with Gasteiger partial charge in [-0.15, -0.1) is 0 Å². The van der Waals surface area contributed by atoms with Crippen molar-refractivity contribution >= 4 is 17.7 Å². The largest absolute Gasteiger partial charge is 0.376 e. The number of fused-ring (bicyclic) bond motifs is 1. The molecule has 3 amide bonds. The highest BCUT2D eigenvalue weighted by molar-refractivity contribution is 6.22. The zero-order valence-electron chi connectivity index (χ0n) is 12.4. The highest BCUT2D eigenvalue weighted by Gasteiger charge is 2.34. The number of benzene rings is 1. The second-order valence-electron chi connectivity index (χ2n) is 5.46. The smallest absolute Gasteiger partial charge is 0.261 e. The van der Waals surface area contributed by atoms with E-state index in [0.29, 0.717) is 29.8 Å². The van der Waals surface area contributed by atoms with Crippen LogP contribution in [-0.2, 0) is 4.74 Å². The number of carbonyl (C=O) groups is 3. The van der Waals surface area contributed by atoms with E-state index < -0.39 is 0 Å². The number of ether oxygens (including phenoxy) is 1. The van der Waals surface area contributed by atoms with Crippen LogP contribution >= 0.6 is 0 Å². The van der Waals surface area contributed by atoms with Gasteiger partial charge in [-0.25, -0.2) is 0 Å². The first-order chi connectivity index (χ1) is 10.6. The Balaban J connectivity index is 1.74. The minimum absolute atomic E-state index is 0.0668. The summed E-state index contributed by atoms with van der Waals surface area (Å²) in [6.07, 6.45) is 2.03. The molecular formula is C16H18N2O4. The number of rotatable bonds is 4. The van der Waals surface area contributed by atoms with E-state index in [1.165, 1.54) is 11.0 Å². The molecule has 0 aromatic heterocycles. The third kappa shape index (κ3) is 2.50. The molecule has 0 spiro atoms. The van der Waals surface area contributed by atoms with E-state index in [1.807, 2.05) is 0 Å². The zero-order valence-corrected chi connectivity index (χ0v) is 12.4. The van der Waals surface area contributed by atoms with Crippen molar-refractivity contribution in [2.75, 3.05) is 19.7 Å². The van der Waals surface area contributed by atoms with Crippen LogP contribution in [0.15, 0.2) is 18.2 Å². The van der Waals surface area contributed by atoms with Gasteiger partial charge in [0.25, 0.3) is 17.7 Å². The standard InChI is InChI=1S/C16H18N2O4/c1-2-18-15(20)12-6-5-10(8-13(12)16(18)21)14(19)17-9-11-4-3-7-22-11/h5-6,8,11H,2-4,7,9H2,1H3,(H,17,19)/t11-/m1/s1. The molecule has 1 N–H and O–H groups in total. The molecular weight excluding hydrogens is 284 g/mol. The Morgan fingerprint density at radius 3 is 2.77 bits per heavy atom. The molecule has 22 heavy (non-hydrogen) atoms. The molecule has 6 nitrogen and oxygen atoms in total. The van der Waals surface area contributed by atoms with Crippen molar-refractivity contribution in [3.63, 3.8) is 0 Å². The fourth-order valence-electron chi connectivity index (χ4n) is 2.83. The molecule has 3 rings (SSSR count). The van der Waals surface area contributed by atoms with Crippen LogP contribution in [0.1, 0.15) is 50.8 Å². The highest BCUT2D eigenvalue weighted by Crippen LogP contribution is 2.23. The maximum atomic E-state index is 12.2. The molecule has 116 valence electrons. The number of imide groups is 1. The zero-order chi connectivity index (χ0) is 15.7. The van der Waals surface area contributed by atoms with Crippen LogP contribution in [0.3, 0.4) is 0 Å². The Labute approximate surface area is 128 Å². The van der Waals surface area contributed by atoms with Gasteiger partial charge in [0.1, 0.15) is 0 Å².